The number of carbonyl (C=O) groups is 1. The van der Waals surface area contributed by atoms with Crippen LogP contribution in [0.3, 0.4) is 0 Å². The van der Waals surface area contributed by atoms with E-state index in [1.165, 1.54) is 13.8 Å². The molecule has 6 heteroatoms. The second-order valence-corrected chi connectivity index (χ2v) is 7.26. The number of aryl methyl sites for hydroxylation is 1. The first-order valence-electron chi connectivity index (χ1n) is 6.06. The lowest BCUT2D eigenvalue weighted by Crippen LogP contribution is -2.41. The smallest absolute Gasteiger partial charge is 0.426 e. The summed E-state index contributed by atoms with van der Waals surface area (Å²) in [5.74, 6) is 0. The molecular formula is C14H17Cl3O3. The number of rotatable bonds is 3. The molecule has 0 spiro atoms. The largest absolute Gasteiger partial charge is 0.509 e. The van der Waals surface area contributed by atoms with Gasteiger partial charge in [-0.05, 0) is 38.8 Å². The monoisotopic (exact) mass is 338 g/mol. The van der Waals surface area contributed by atoms with Crippen LogP contribution in [0.2, 0.25) is 0 Å². The third-order valence-corrected chi connectivity index (χ3v) is 4.29. The molecule has 0 aliphatic heterocycles. The molecule has 1 aromatic carbocycles. The Balaban J connectivity index is 2.71. The number of carbonyl (C=O) groups excluding carboxylic acids is 1. The molecule has 1 atom stereocenters. The predicted octanol–water partition coefficient (Wildman–Crippen LogP) is 5.36. The fourth-order valence-corrected chi connectivity index (χ4v) is 1.66. The Morgan fingerprint density at radius 1 is 1.20 bits per heavy atom. The van der Waals surface area contributed by atoms with E-state index in [1.54, 1.807) is 6.92 Å². The maximum Gasteiger partial charge on any atom is 0.509 e. The molecule has 0 radical (unpaired) electrons. The zero-order valence-corrected chi connectivity index (χ0v) is 14.0. The van der Waals surface area contributed by atoms with Gasteiger partial charge in [0.1, 0.15) is 6.10 Å². The van der Waals surface area contributed by atoms with Gasteiger partial charge in [0.2, 0.25) is 3.79 Å². The fraction of sp³-hybridized carbons (Fsp3) is 0.500. The second-order valence-electron chi connectivity index (χ2n) is 4.98. The van der Waals surface area contributed by atoms with Crippen molar-refractivity contribution in [2.45, 2.75) is 43.2 Å². The lowest BCUT2D eigenvalue weighted by atomic mass is 10.1. The summed E-state index contributed by atoms with van der Waals surface area (Å²) in [4.78, 5) is 11.8. The summed E-state index contributed by atoms with van der Waals surface area (Å²) in [5, 5.41) is 0. The van der Waals surface area contributed by atoms with Gasteiger partial charge in [0, 0.05) is 0 Å². The summed E-state index contributed by atoms with van der Waals surface area (Å²) in [5.41, 5.74) is 0.629. The minimum Gasteiger partial charge on any atom is -0.426 e. The molecule has 112 valence electrons. The van der Waals surface area contributed by atoms with E-state index in [-0.39, 0.29) is 0 Å². The van der Waals surface area contributed by atoms with Crippen molar-refractivity contribution in [1.29, 1.82) is 0 Å². The number of ether oxygens (including phenoxy) is 2. The van der Waals surface area contributed by atoms with Crippen LogP contribution in [0.25, 0.3) is 0 Å². The topological polar surface area (TPSA) is 35.5 Å². The molecule has 0 aliphatic carbocycles. The molecule has 0 aromatic heterocycles. The third kappa shape index (κ3) is 4.44. The first-order valence-corrected chi connectivity index (χ1v) is 7.20. The summed E-state index contributed by atoms with van der Waals surface area (Å²) >= 11 is 17.2. The minimum atomic E-state index is -1.74. The van der Waals surface area contributed by atoms with Gasteiger partial charge in [0.15, 0.2) is 5.60 Å². The van der Waals surface area contributed by atoms with Gasteiger partial charge in [-0.15, -0.1) is 0 Å². The van der Waals surface area contributed by atoms with Crippen LogP contribution in [0.5, 0.6) is 0 Å². The number of hydrogen-bond donors (Lipinski definition) is 0. The van der Waals surface area contributed by atoms with Crippen LogP contribution in [0.15, 0.2) is 24.3 Å². The predicted molar refractivity (Wildman–Crippen MR) is 81.5 cm³/mol. The van der Waals surface area contributed by atoms with Gasteiger partial charge in [-0.1, -0.05) is 59.1 Å². The Morgan fingerprint density at radius 3 is 2.25 bits per heavy atom. The SMILES string of the molecule is Cc1ccccc1[C@H](C)OC(=O)OC(C)(C)C(Cl)(Cl)Cl. The molecule has 0 saturated carbocycles. The van der Waals surface area contributed by atoms with E-state index >= 15 is 0 Å². The molecule has 0 aliphatic rings. The molecule has 0 fully saturated rings. The summed E-state index contributed by atoms with van der Waals surface area (Å²) in [6.07, 6.45) is -1.33. The number of alkyl halides is 3. The number of hydrogen-bond acceptors (Lipinski definition) is 3. The van der Waals surface area contributed by atoms with Crippen LogP contribution in [0.4, 0.5) is 4.79 Å². The molecule has 0 bridgehead atoms. The molecule has 0 heterocycles. The summed E-state index contributed by atoms with van der Waals surface area (Å²) in [6, 6.07) is 7.60. The molecule has 3 nitrogen and oxygen atoms in total. The average Bonchev–Trinajstić information content (AvgIpc) is 2.26. The second kappa shape index (κ2) is 6.42. The highest BCUT2D eigenvalue weighted by molar-refractivity contribution is 6.68. The van der Waals surface area contributed by atoms with E-state index in [1.807, 2.05) is 31.2 Å². The fourth-order valence-electron chi connectivity index (χ4n) is 1.54. The van der Waals surface area contributed by atoms with E-state index in [4.69, 9.17) is 44.3 Å². The van der Waals surface area contributed by atoms with Crippen molar-refractivity contribution < 1.29 is 14.3 Å². The molecular weight excluding hydrogens is 323 g/mol. The third-order valence-electron chi connectivity index (χ3n) is 2.92. The van der Waals surface area contributed by atoms with Crippen molar-refractivity contribution in [1.82, 2.24) is 0 Å². The van der Waals surface area contributed by atoms with E-state index in [0.717, 1.165) is 11.1 Å². The van der Waals surface area contributed by atoms with Crippen LogP contribution in [0.1, 0.15) is 38.0 Å². The van der Waals surface area contributed by atoms with Crippen LogP contribution in [-0.2, 0) is 9.47 Å². The van der Waals surface area contributed by atoms with Gasteiger partial charge >= 0.3 is 6.16 Å². The van der Waals surface area contributed by atoms with E-state index in [0.29, 0.717) is 0 Å². The highest BCUT2D eigenvalue weighted by atomic mass is 35.6. The van der Waals surface area contributed by atoms with Crippen LogP contribution in [-0.4, -0.2) is 15.5 Å². The first kappa shape index (κ1) is 17.4. The molecule has 20 heavy (non-hydrogen) atoms. The Bertz CT molecular complexity index is 481. The Hall–Kier alpha value is -0.640. The van der Waals surface area contributed by atoms with Crippen molar-refractivity contribution in [3.8, 4) is 0 Å². The van der Waals surface area contributed by atoms with Gasteiger partial charge in [0.25, 0.3) is 0 Å². The van der Waals surface area contributed by atoms with Crippen molar-refractivity contribution in [2.75, 3.05) is 0 Å². The van der Waals surface area contributed by atoms with Gasteiger partial charge in [-0.3, -0.25) is 0 Å². The molecule has 0 saturated heterocycles. The van der Waals surface area contributed by atoms with Gasteiger partial charge in [-0.25, -0.2) is 4.79 Å². The maximum atomic E-state index is 11.8. The normalized spacial score (nSPS) is 13.8. The zero-order chi connectivity index (χ0) is 15.6. The summed E-state index contributed by atoms with van der Waals surface area (Å²) in [6.45, 7) is 6.69. The first-order chi connectivity index (χ1) is 9.04. The Kier molecular flexibility index (Phi) is 5.59. The van der Waals surface area contributed by atoms with Crippen molar-refractivity contribution >= 4 is 41.0 Å². The summed E-state index contributed by atoms with van der Waals surface area (Å²) in [7, 11) is 0. The Morgan fingerprint density at radius 2 is 1.75 bits per heavy atom. The van der Waals surface area contributed by atoms with Crippen LogP contribution < -0.4 is 0 Å². The minimum absolute atomic E-state index is 0.449. The Labute approximate surface area is 134 Å². The van der Waals surface area contributed by atoms with E-state index in [2.05, 4.69) is 0 Å². The number of halogens is 3. The number of benzene rings is 1. The van der Waals surface area contributed by atoms with Crippen LogP contribution >= 0.6 is 34.8 Å². The molecule has 0 unspecified atom stereocenters. The lowest BCUT2D eigenvalue weighted by molar-refractivity contribution is -0.0302. The van der Waals surface area contributed by atoms with Crippen molar-refractivity contribution in [3.63, 3.8) is 0 Å². The average molecular weight is 340 g/mol. The molecule has 1 aromatic rings. The van der Waals surface area contributed by atoms with Gasteiger partial charge in [0.05, 0.1) is 0 Å². The van der Waals surface area contributed by atoms with Gasteiger partial charge < -0.3 is 9.47 Å². The quantitative estimate of drug-likeness (QED) is 0.549. The zero-order valence-electron chi connectivity index (χ0n) is 11.7. The highest BCUT2D eigenvalue weighted by Crippen LogP contribution is 2.40. The van der Waals surface area contributed by atoms with E-state index in [9.17, 15) is 4.79 Å². The maximum absolute atomic E-state index is 11.8. The van der Waals surface area contributed by atoms with Gasteiger partial charge in [-0.2, -0.15) is 0 Å². The summed E-state index contributed by atoms with van der Waals surface area (Å²) < 4.78 is 8.55. The van der Waals surface area contributed by atoms with Crippen molar-refractivity contribution in [3.05, 3.63) is 35.4 Å². The van der Waals surface area contributed by atoms with Crippen LogP contribution in [0, 0.1) is 6.92 Å². The van der Waals surface area contributed by atoms with E-state index < -0.39 is 21.7 Å². The van der Waals surface area contributed by atoms with Crippen molar-refractivity contribution in [2.24, 2.45) is 0 Å². The molecule has 0 amide bonds. The molecule has 0 N–H and O–H groups in total. The highest BCUT2D eigenvalue weighted by Gasteiger charge is 2.44. The lowest BCUT2D eigenvalue weighted by Gasteiger charge is -2.31. The standard InChI is InChI=1S/C14H17Cl3O3/c1-9-7-5-6-8-11(9)10(2)19-12(18)20-13(3,4)14(15,16)17/h5-8,10H,1-4H3/t10-/m0/s1. The molecule has 1 rings (SSSR count).